The number of benzene rings is 2. The summed E-state index contributed by atoms with van der Waals surface area (Å²) in [6, 6.07) is 17.0. The van der Waals surface area contributed by atoms with Crippen LogP contribution in [0.4, 0.5) is 5.69 Å². The third-order valence-electron chi connectivity index (χ3n) is 4.29. The molecule has 4 rings (SSSR count). The van der Waals surface area contributed by atoms with E-state index in [1.54, 1.807) is 12.1 Å². The molecule has 0 aliphatic carbocycles. The van der Waals surface area contributed by atoms with Crippen molar-refractivity contribution in [1.29, 1.82) is 0 Å². The molecule has 0 atom stereocenters. The summed E-state index contributed by atoms with van der Waals surface area (Å²) in [7, 11) is 0. The fraction of sp³-hybridized carbons (Fsp3) is 0.0500. The highest BCUT2D eigenvalue weighted by atomic mass is 16.1. The summed E-state index contributed by atoms with van der Waals surface area (Å²) in [5.41, 5.74) is 8.87. The molecular weight excluding hydrogens is 342 g/mol. The highest BCUT2D eigenvalue weighted by molar-refractivity contribution is 5.95. The first-order chi connectivity index (χ1) is 13.2. The number of nitrogens with two attached hydrogens (primary N) is 1. The van der Waals surface area contributed by atoms with Gasteiger partial charge in [-0.2, -0.15) is 0 Å². The second kappa shape index (κ2) is 6.89. The van der Waals surface area contributed by atoms with Crippen LogP contribution in [-0.2, 0) is 4.79 Å². The number of anilines is 1. The van der Waals surface area contributed by atoms with Crippen LogP contribution >= 0.6 is 0 Å². The van der Waals surface area contributed by atoms with Crippen LogP contribution in [0.15, 0.2) is 71.9 Å². The lowest BCUT2D eigenvalue weighted by molar-refractivity contribution is -0.114. The van der Waals surface area contributed by atoms with Crippen molar-refractivity contribution >= 4 is 22.6 Å². The number of hydrogen-bond acceptors (Lipinski definition) is 4. The Morgan fingerprint density at radius 2 is 1.85 bits per heavy atom. The van der Waals surface area contributed by atoms with Crippen molar-refractivity contribution in [3.8, 4) is 16.8 Å². The van der Waals surface area contributed by atoms with Gasteiger partial charge in [-0.05, 0) is 29.8 Å². The molecule has 0 spiro atoms. The molecule has 7 nitrogen and oxygen atoms in total. The van der Waals surface area contributed by atoms with Crippen LogP contribution in [-0.4, -0.2) is 27.0 Å². The number of para-hydroxylation sites is 1. The fourth-order valence-corrected chi connectivity index (χ4v) is 3.02. The summed E-state index contributed by atoms with van der Waals surface area (Å²) in [6.07, 6.45) is 3.30. The van der Waals surface area contributed by atoms with Crippen molar-refractivity contribution in [2.45, 2.75) is 0 Å². The van der Waals surface area contributed by atoms with E-state index in [0.29, 0.717) is 16.7 Å². The number of aromatic nitrogens is 3. The van der Waals surface area contributed by atoms with E-state index in [1.165, 1.54) is 6.33 Å². The number of nitrogens with zero attached hydrogens (tertiary/aromatic N) is 2. The van der Waals surface area contributed by atoms with Gasteiger partial charge in [0.2, 0.25) is 5.91 Å². The van der Waals surface area contributed by atoms with Crippen molar-refractivity contribution in [1.82, 2.24) is 14.5 Å². The van der Waals surface area contributed by atoms with E-state index in [-0.39, 0.29) is 18.0 Å². The van der Waals surface area contributed by atoms with Gasteiger partial charge in [0.15, 0.2) is 5.65 Å². The van der Waals surface area contributed by atoms with Gasteiger partial charge < -0.3 is 20.6 Å². The lowest BCUT2D eigenvalue weighted by Gasteiger charge is -2.05. The summed E-state index contributed by atoms with van der Waals surface area (Å²) < 4.78 is 1.89. The molecule has 134 valence electrons. The second-order valence-electron chi connectivity index (χ2n) is 6.01. The van der Waals surface area contributed by atoms with Gasteiger partial charge in [-0.15, -0.1) is 0 Å². The Kier molecular flexibility index (Phi) is 4.27. The Morgan fingerprint density at radius 3 is 2.56 bits per heavy atom. The molecule has 0 fully saturated rings. The SMILES string of the molecule is NCC(=O)Nc1ccc(-c2cn(-c3ccccc3)c3nc[nH]c(=O)c23)cc1. The first-order valence-corrected chi connectivity index (χ1v) is 8.42. The quantitative estimate of drug-likeness (QED) is 0.520. The molecule has 0 bridgehead atoms. The molecule has 0 unspecified atom stereocenters. The summed E-state index contributed by atoms with van der Waals surface area (Å²) in [5, 5.41) is 3.21. The molecule has 1 amide bonds. The van der Waals surface area contributed by atoms with Gasteiger partial charge in [0, 0.05) is 23.1 Å². The highest BCUT2D eigenvalue weighted by Gasteiger charge is 2.15. The van der Waals surface area contributed by atoms with Crippen LogP contribution in [0.3, 0.4) is 0 Å². The lowest BCUT2D eigenvalue weighted by Crippen LogP contribution is -2.21. The van der Waals surface area contributed by atoms with Gasteiger partial charge in [-0.3, -0.25) is 9.59 Å². The van der Waals surface area contributed by atoms with Crippen LogP contribution in [0, 0.1) is 0 Å². The van der Waals surface area contributed by atoms with Gasteiger partial charge in [-0.25, -0.2) is 4.98 Å². The van der Waals surface area contributed by atoms with Crippen LogP contribution in [0.5, 0.6) is 0 Å². The number of amides is 1. The Morgan fingerprint density at radius 1 is 1.11 bits per heavy atom. The summed E-state index contributed by atoms with van der Waals surface area (Å²) >= 11 is 0. The van der Waals surface area contributed by atoms with Gasteiger partial charge >= 0.3 is 0 Å². The minimum Gasteiger partial charge on any atom is -0.325 e. The van der Waals surface area contributed by atoms with E-state index >= 15 is 0 Å². The zero-order valence-corrected chi connectivity index (χ0v) is 14.3. The number of aromatic amines is 1. The maximum absolute atomic E-state index is 12.5. The number of fused-ring (bicyclic) bond motifs is 1. The Bertz CT molecular complexity index is 1160. The van der Waals surface area contributed by atoms with Gasteiger partial charge in [0.05, 0.1) is 18.3 Å². The van der Waals surface area contributed by atoms with E-state index in [1.807, 2.05) is 53.2 Å². The van der Waals surface area contributed by atoms with E-state index in [4.69, 9.17) is 5.73 Å². The number of nitrogens with one attached hydrogen (secondary N) is 2. The molecule has 4 aromatic rings. The van der Waals surface area contributed by atoms with Crippen LogP contribution in [0.2, 0.25) is 0 Å². The van der Waals surface area contributed by atoms with E-state index in [2.05, 4.69) is 15.3 Å². The zero-order chi connectivity index (χ0) is 18.8. The number of H-pyrrole nitrogens is 1. The molecule has 0 aliphatic heterocycles. The monoisotopic (exact) mass is 359 g/mol. The molecule has 4 N–H and O–H groups in total. The van der Waals surface area contributed by atoms with E-state index in [9.17, 15) is 9.59 Å². The molecule has 0 saturated heterocycles. The summed E-state index contributed by atoms with van der Waals surface area (Å²) in [5.74, 6) is -0.260. The average molecular weight is 359 g/mol. The number of carbonyl (C=O) groups is 1. The zero-order valence-electron chi connectivity index (χ0n) is 14.3. The number of carbonyl (C=O) groups excluding carboxylic acids is 1. The molecular formula is C20H17N5O2. The van der Waals surface area contributed by atoms with Crippen molar-refractivity contribution in [3.05, 3.63) is 77.5 Å². The lowest BCUT2D eigenvalue weighted by atomic mass is 10.1. The molecule has 0 radical (unpaired) electrons. The van der Waals surface area contributed by atoms with Crippen molar-refractivity contribution in [3.63, 3.8) is 0 Å². The average Bonchev–Trinajstić information content (AvgIpc) is 3.10. The second-order valence-corrected chi connectivity index (χ2v) is 6.01. The first-order valence-electron chi connectivity index (χ1n) is 8.42. The van der Waals surface area contributed by atoms with Crippen LogP contribution in [0.1, 0.15) is 0 Å². The standard InChI is InChI=1S/C20H17N5O2/c21-10-17(26)24-14-8-6-13(7-9-14)16-11-25(15-4-2-1-3-5-15)19-18(16)20(27)23-12-22-19/h1-9,11-12H,10,21H2,(H,24,26)(H,22,23,27). The van der Waals surface area contributed by atoms with Gasteiger partial charge in [0.25, 0.3) is 5.56 Å². The minimum absolute atomic E-state index is 0.0760. The topological polar surface area (TPSA) is 106 Å². The highest BCUT2D eigenvalue weighted by Crippen LogP contribution is 2.30. The molecule has 0 aliphatic rings. The molecule has 2 aromatic heterocycles. The van der Waals surface area contributed by atoms with Gasteiger partial charge in [0.1, 0.15) is 0 Å². The van der Waals surface area contributed by atoms with Crippen molar-refractivity contribution < 1.29 is 4.79 Å². The molecule has 27 heavy (non-hydrogen) atoms. The number of hydrogen-bond donors (Lipinski definition) is 3. The Hall–Kier alpha value is -3.71. The van der Waals surface area contributed by atoms with Gasteiger partial charge in [-0.1, -0.05) is 30.3 Å². The summed E-state index contributed by atoms with van der Waals surface area (Å²) in [6.45, 7) is -0.0760. The smallest absolute Gasteiger partial charge is 0.260 e. The molecule has 7 heteroatoms. The maximum Gasteiger partial charge on any atom is 0.260 e. The first kappa shape index (κ1) is 16.7. The Balaban J connectivity index is 1.85. The largest absolute Gasteiger partial charge is 0.325 e. The van der Waals surface area contributed by atoms with Crippen LogP contribution < -0.4 is 16.6 Å². The van der Waals surface area contributed by atoms with Crippen molar-refractivity contribution in [2.75, 3.05) is 11.9 Å². The Labute approximate surface area is 154 Å². The third-order valence-corrected chi connectivity index (χ3v) is 4.29. The normalized spacial score (nSPS) is 10.9. The fourth-order valence-electron chi connectivity index (χ4n) is 3.02. The molecule has 0 saturated carbocycles. The third kappa shape index (κ3) is 3.11. The number of rotatable bonds is 4. The molecule has 2 aromatic carbocycles. The minimum atomic E-state index is -0.260. The van der Waals surface area contributed by atoms with E-state index in [0.717, 1.165) is 16.8 Å². The maximum atomic E-state index is 12.5. The predicted molar refractivity (Wildman–Crippen MR) is 105 cm³/mol. The van der Waals surface area contributed by atoms with Crippen molar-refractivity contribution in [2.24, 2.45) is 5.73 Å². The molecule has 2 heterocycles. The summed E-state index contributed by atoms with van der Waals surface area (Å²) in [4.78, 5) is 30.9. The predicted octanol–water partition coefficient (Wildman–Crippen LogP) is 2.28. The van der Waals surface area contributed by atoms with Crippen LogP contribution in [0.25, 0.3) is 27.8 Å². The van der Waals surface area contributed by atoms with E-state index < -0.39 is 0 Å².